The van der Waals surface area contributed by atoms with Gasteiger partial charge in [0, 0.05) is 19.5 Å². The summed E-state index contributed by atoms with van der Waals surface area (Å²) in [4.78, 5) is 24.1. The SMILES string of the molecule is CC[C@@H]1C[C@@H](C)CN1C(=O)COC(C)=O. The summed E-state index contributed by atoms with van der Waals surface area (Å²) in [5.41, 5.74) is 0. The minimum absolute atomic E-state index is 0.0681. The van der Waals surface area contributed by atoms with E-state index < -0.39 is 5.97 Å². The molecule has 1 aliphatic heterocycles. The maximum atomic E-state index is 11.7. The number of carbonyl (C=O) groups is 2. The second-order valence-corrected chi connectivity index (χ2v) is 4.23. The van der Waals surface area contributed by atoms with Gasteiger partial charge < -0.3 is 9.64 Å². The van der Waals surface area contributed by atoms with Crippen LogP contribution in [0.15, 0.2) is 0 Å². The maximum absolute atomic E-state index is 11.7. The van der Waals surface area contributed by atoms with Crippen molar-refractivity contribution in [2.45, 2.75) is 39.7 Å². The zero-order valence-corrected chi connectivity index (χ0v) is 9.66. The molecule has 4 nitrogen and oxygen atoms in total. The van der Waals surface area contributed by atoms with E-state index in [4.69, 9.17) is 4.74 Å². The lowest BCUT2D eigenvalue weighted by molar-refractivity contribution is -0.150. The predicted octanol–water partition coefficient (Wildman–Crippen LogP) is 1.20. The van der Waals surface area contributed by atoms with Crippen LogP contribution in [0.2, 0.25) is 0 Å². The first kappa shape index (κ1) is 12.0. The summed E-state index contributed by atoms with van der Waals surface area (Å²) >= 11 is 0. The minimum atomic E-state index is -0.399. The van der Waals surface area contributed by atoms with Crippen LogP contribution in [-0.4, -0.2) is 36.0 Å². The van der Waals surface area contributed by atoms with E-state index in [9.17, 15) is 9.59 Å². The van der Waals surface area contributed by atoms with Gasteiger partial charge in [-0.3, -0.25) is 9.59 Å². The molecule has 1 aliphatic rings. The van der Waals surface area contributed by atoms with Gasteiger partial charge in [-0.1, -0.05) is 13.8 Å². The Bertz CT molecular complexity index is 252. The number of carbonyl (C=O) groups excluding carboxylic acids is 2. The molecular weight excluding hydrogens is 194 g/mol. The second kappa shape index (κ2) is 5.14. The van der Waals surface area contributed by atoms with E-state index in [0.29, 0.717) is 12.0 Å². The van der Waals surface area contributed by atoms with Crippen LogP contribution in [0.1, 0.15) is 33.6 Å². The highest BCUT2D eigenvalue weighted by Gasteiger charge is 2.31. The molecule has 0 aromatic carbocycles. The summed E-state index contributed by atoms with van der Waals surface area (Å²) < 4.78 is 4.71. The molecule has 1 amide bonds. The molecule has 0 N–H and O–H groups in total. The lowest BCUT2D eigenvalue weighted by atomic mass is 10.1. The standard InChI is InChI=1S/C11H19NO3/c1-4-10-5-8(2)6-12(10)11(14)7-15-9(3)13/h8,10H,4-7H2,1-3H3/t8-,10-/m1/s1. The van der Waals surface area contributed by atoms with Gasteiger partial charge in [0.05, 0.1) is 0 Å². The normalized spacial score (nSPS) is 25.4. The van der Waals surface area contributed by atoms with Crippen LogP contribution < -0.4 is 0 Å². The molecule has 2 atom stereocenters. The van der Waals surface area contributed by atoms with Crippen LogP contribution >= 0.6 is 0 Å². The van der Waals surface area contributed by atoms with Gasteiger partial charge in [-0.2, -0.15) is 0 Å². The number of hydrogen-bond acceptors (Lipinski definition) is 3. The zero-order valence-electron chi connectivity index (χ0n) is 9.66. The van der Waals surface area contributed by atoms with Gasteiger partial charge in [-0.05, 0) is 18.8 Å². The van der Waals surface area contributed by atoms with Gasteiger partial charge in [0.25, 0.3) is 5.91 Å². The summed E-state index contributed by atoms with van der Waals surface area (Å²) in [7, 11) is 0. The molecule has 4 heteroatoms. The molecule has 0 spiro atoms. The van der Waals surface area contributed by atoms with E-state index in [1.165, 1.54) is 6.92 Å². The van der Waals surface area contributed by atoms with Crippen molar-refractivity contribution in [2.24, 2.45) is 5.92 Å². The molecule has 15 heavy (non-hydrogen) atoms. The van der Waals surface area contributed by atoms with Crippen LogP contribution in [0.5, 0.6) is 0 Å². The zero-order chi connectivity index (χ0) is 11.4. The van der Waals surface area contributed by atoms with Crippen molar-refractivity contribution < 1.29 is 14.3 Å². The number of nitrogens with zero attached hydrogens (tertiary/aromatic N) is 1. The first-order chi connectivity index (χ1) is 7.04. The third kappa shape index (κ3) is 3.22. The lowest BCUT2D eigenvalue weighted by Gasteiger charge is -2.23. The average molecular weight is 213 g/mol. The van der Waals surface area contributed by atoms with Crippen molar-refractivity contribution in [3.05, 3.63) is 0 Å². The molecule has 1 heterocycles. The van der Waals surface area contributed by atoms with Crippen molar-refractivity contribution in [3.63, 3.8) is 0 Å². The number of likely N-dealkylation sites (tertiary alicyclic amines) is 1. The summed E-state index contributed by atoms with van der Waals surface area (Å²) in [6, 6.07) is 0.322. The Morgan fingerprint density at radius 2 is 2.13 bits per heavy atom. The Morgan fingerprint density at radius 1 is 1.47 bits per heavy atom. The van der Waals surface area contributed by atoms with Crippen LogP contribution in [0.4, 0.5) is 0 Å². The number of amides is 1. The molecular formula is C11H19NO3. The van der Waals surface area contributed by atoms with E-state index in [1.54, 1.807) is 0 Å². The van der Waals surface area contributed by atoms with Gasteiger partial charge in [0.15, 0.2) is 6.61 Å². The first-order valence-electron chi connectivity index (χ1n) is 5.47. The van der Waals surface area contributed by atoms with Gasteiger partial charge in [0.1, 0.15) is 0 Å². The van der Waals surface area contributed by atoms with Crippen molar-refractivity contribution in [1.29, 1.82) is 0 Å². The maximum Gasteiger partial charge on any atom is 0.303 e. The van der Waals surface area contributed by atoms with E-state index in [-0.39, 0.29) is 12.5 Å². The van der Waals surface area contributed by atoms with Gasteiger partial charge in [0.2, 0.25) is 0 Å². The number of rotatable bonds is 3. The quantitative estimate of drug-likeness (QED) is 0.662. The van der Waals surface area contributed by atoms with E-state index in [1.807, 2.05) is 4.90 Å². The third-order valence-electron chi connectivity index (χ3n) is 2.81. The Hall–Kier alpha value is -1.06. The Kier molecular flexibility index (Phi) is 4.12. The molecule has 0 aromatic rings. The van der Waals surface area contributed by atoms with Crippen LogP contribution in [0.3, 0.4) is 0 Å². The second-order valence-electron chi connectivity index (χ2n) is 4.23. The Morgan fingerprint density at radius 3 is 2.67 bits per heavy atom. The lowest BCUT2D eigenvalue weighted by Crippen LogP contribution is -2.38. The molecule has 86 valence electrons. The Labute approximate surface area is 90.6 Å². The van der Waals surface area contributed by atoms with Crippen LogP contribution in [0, 0.1) is 5.92 Å². The van der Waals surface area contributed by atoms with E-state index >= 15 is 0 Å². The average Bonchev–Trinajstić information content (AvgIpc) is 2.56. The van der Waals surface area contributed by atoms with Crippen molar-refractivity contribution >= 4 is 11.9 Å². The number of hydrogen-bond donors (Lipinski definition) is 0. The topological polar surface area (TPSA) is 46.6 Å². The van der Waals surface area contributed by atoms with Gasteiger partial charge >= 0.3 is 5.97 Å². The molecule has 0 radical (unpaired) electrons. The van der Waals surface area contributed by atoms with Crippen LogP contribution in [0.25, 0.3) is 0 Å². The van der Waals surface area contributed by atoms with Gasteiger partial charge in [-0.15, -0.1) is 0 Å². The molecule has 0 aromatic heterocycles. The van der Waals surface area contributed by atoms with Crippen LogP contribution in [-0.2, 0) is 14.3 Å². The molecule has 1 fully saturated rings. The fraction of sp³-hybridized carbons (Fsp3) is 0.818. The molecule has 1 rings (SSSR count). The smallest absolute Gasteiger partial charge is 0.303 e. The monoisotopic (exact) mass is 213 g/mol. The first-order valence-corrected chi connectivity index (χ1v) is 5.47. The van der Waals surface area contributed by atoms with Crippen molar-refractivity contribution in [3.8, 4) is 0 Å². The third-order valence-corrected chi connectivity index (χ3v) is 2.81. The summed E-state index contributed by atoms with van der Waals surface area (Å²) in [5.74, 6) is 0.0845. The van der Waals surface area contributed by atoms with Crippen molar-refractivity contribution in [1.82, 2.24) is 4.90 Å². The summed E-state index contributed by atoms with van der Waals surface area (Å²) in [6.45, 7) is 6.21. The predicted molar refractivity (Wildman–Crippen MR) is 56.2 cm³/mol. The number of esters is 1. The molecule has 0 unspecified atom stereocenters. The highest BCUT2D eigenvalue weighted by Crippen LogP contribution is 2.24. The highest BCUT2D eigenvalue weighted by molar-refractivity contribution is 5.80. The fourth-order valence-electron chi connectivity index (χ4n) is 2.09. The number of ether oxygens (including phenoxy) is 1. The van der Waals surface area contributed by atoms with Crippen molar-refractivity contribution in [2.75, 3.05) is 13.2 Å². The van der Waals surface area contributed by atoms with E-state index in [0.717, 1.165) is 19.4 Å². The Balaban J connectivity index is 2.47. The summed E-state index contributed by atoms with van der Waals surface area (Å²) in [6.07, 6.45) is 2.03. The fourth-order valence-corrected chi connectivity index (χ4v) is 2.09. The molecule has 0 aliphatic carbocycles. The minimum Gasteiger partial charge on any atom is -0.456 e. The molecule has 0 saturated carbocycles. The largest absolute Gasteiger partial charge is 0.456 e. The molecule has 0 bridgehead atoms. The van der Waals surface area contributed by atoms with Gasteiger partial charge in [-0.25, -0.2) is 0 Å². The highest BCUT2D eigenvalue weighted by atomic mass is 16.5. The molecule has 1 saturated heterocycles. The summed E-state index contributed by atoms with van der Waals surface area (Å²) in [5, 5.41) is 0. The van der Waals surface area contributed by atoms with E-state index in [2.05, 4.69) is 13.8 Å².